The molecule has 3 heterocycles. The highest BCUT2D eigenvalue weighted by atomic mass is 19.1. The van der Waals surface area contributed by atoms with Crippen molar-refractivity contribution in [2.24, 2.45) is 0 Å². The van der Waals surface area contributed by atoms with Crippen LogP contribution in [0, 0.1) is 12.7 Å². The molecule has 0 unspecified atom stereocenters. The first-order chi connectivity index (χ1) is 12.1. The molecule has 2 aromatic rings. The Balaban J connectivity index is 1.63. The summed E-state index contributed by atoms with van der Waals surface area (Å²) >= 11 is 0. The molecule has 0 bridgehead atoms. The topological polar surface area (TPSA) is 55.6 Å². The Morgan fingerprint density at radius 1 is 1.32 bits per heavy atom. The molecule has 4 rings (SSSR count). The molecule has 0 spiro atoms. The Kier molecular flexibility index (Phi) is 4.29. The van der Waals surface area contributed by atoms with Gasteiger partial charge in [-0.05, 0) is 49.8 Å². The Morgan fingerprint density at radius 3 is 2.92 bits per heavy atom. The molecule has 6 heteroatoms. The van der Waals surface area contributed by atoms with Crippen LogP contribution in [0.4, 0.5) is 10.1 Å². The summed E-state index contributed by atoms with van der Waals surface area (Å²) in [6.07, 6.45) is 4.68. The van der Waals surface area contributed by atoms with E-state index in [0.717, 1.165) is 36.8 Å². The van der Waals surface area contributed by atoms with Crippen LogP contribution in [0.15, 0.2) is 22.8 Å². The minimum Gasteiger partial charge on any atom is -0.448 e. The fraction of sp³-hybridized carbons (Fsp3) is 0.474. The zero-order chi connectivity index (χ0) is 17.4. The number of carbonyl (C=O) groups is 1. The van der Waals surface area contributed by atoms with Crippen LogP contribution >= 0.6 is 0 Å². The zero-order valence-electron chi connectivity index (χ0n) is 14.3. The van der Waals surface area contributed by atoms with Crippen LogP contribution in [-0.4, -0.2) is 30.6 Å². The monoisotopic (exact) mass is 344 g/mol. The van der Waals surface area contributed by atoms with Gasteiger partial charge in [-0.2, -0.15) is 0 Å². The molecular weight excluding hydrogens is 323 g/mol. The Bertz CT molecular complexity index is 796. The lowest BCUT2D eigenvalue weighted by atomic mass is 9.96. The molecule has 0 atom stereocenters. The molecule has 0 aliphatic carbocycles. The van der Waals surface area contributed by atoms with Gasteiger partial charge in [-0.15, -0.1) is 0 Å². The van der Waals surface area contributed by atoms with Crippen molar-refractivity contribution in [3.8, 4) is 0 Å². The second-order valence-electron chi connectivity index (χ2n) is 6.71. The maximum absolute atomic E-state index is 14.4. The van der Waals surface area contributed by atoms with E-state index in [4.69, 9.17) is 9.15 Å². The highest BCUT2D eigenvalue weighted by molar-refractivity contribution is 6.05. The van der Waals surface area contributed by atoms with Crippen molar-refractivity contribution in [2.45, 2.75) is 38.5 Å². The fourth-order valence-corrected chi connectivity index (χ4v) is 3.70. The highest BCUT2D eigenvalue weighted by Crippen LogP contribution is 2.34. The van der Waals surface area contributed by atoms with Gasteiger partial charge in [-0.1, -0.05) is 6.07 Å². The number of aryl methyl sites for hydroxylation is 1. The number of nitrogens with zero attached hydrogens (tertiary/aromatic N) is 2. The summed E-state index contributed by atoms with van der Waals surface area (Å²) in [4.78, 5) is 18.8. The lowest BCUT2D eigenvalue weighted by Gasteiger charge is -2.30. The van der Waals surface area contributed by atoms with Crippen molar-refractivity contribution in [3.05, 3.63) is 46.9 Å². The van der Waals surface area contributed by atoms with Crippen molar-refractivity contribution in [2.75, 3.05) is 24.7 Å². The molecule has 25 heavy (non-hydrogen) atoms. The van der Waals surface area contributed by atoms with E-state index < -0.39 is 0 Å². The summed E-state index contributed by atoms with van der Waals surface area (Å²) in [7, 11) is 0. The predicted molar refractivity (Wildman–Crippen MR) is 90.4 cm³/mol. The van der Waals surface area contributed by atoms with Gasteiger partial charge in [0, 0.05) is 25.7 Å². The molecule has 0 N–H and O–H groups in total. The first-order valence-corrected chi connectivity index (χ1v) is 8.78. The van der Waals surface area contributed by atoms with Gasteiger partial charge in [0.15, 0.2) is 11.6 Å². The molecule has 1 aromatic carbocycles. The van der Waals surface area contributed by atoms with Crippen LogP contribution < -0.4 is 4.90 Å². The van der Waals surface area contributed by atoms with E-state index in [0.29, 0.717) is 31.3 Å². The second kappa shape index (κ2) is 6.59. The van der Waals surface area contributed by atoms with Crippen molar-refractivity contribution in [1.29, 1.82) is 0 Å². The number of carbonyl (C=O) groups excluding carboxylic acids is 1. The third-order valence-electron chi connectivity index (χ3n) is 5.10. The Labute approximate surface area is 145 Å². The van der Waals surface area contributed by atoms with Crippen LogP contribution in [0.5, 0.6) is 0 Å². The Hall–Kier alpha value is -2.21. The average Bonchev–Trinajstić information content (AvgIpc) is 3.15. The molecule has 1 aromatic heterocycles. The molecule has 2 aliphatic heterocycles. The molecule has 0 radical (unpaired) electrons. The van der Waals surface area contributed by atoms with Crippen LogP contribution in [0.2, 0.25) is 0 Å². The minimum absolute atomic E-state index is 0.183. The summed E-state index contributed by atoms with van der Waals surface area (Å²) in [6, 6.07) is 3.19. The molecule has 132 valence electrons. The number of hydrogen-bond donors (Lipinski definition) is 0. The van der Waals surface area contributed by atoms with Gasteiger partial charge < -0.3 is 14.1 Å². The van der Waals surface area contributed by atoms with Crippen molar-refractivity contribution < 1.29 is 18.3 Å². The first-order valence-electron chi connectivity index (χ1n) is 8.78. The normalized spacial score (nSPS) is 18.2. The van der Waals surface area contributed by atoms with Crippen molar-refractivity contribution in [1.82, 2.24) is 4.98 Å². The number of ether oxygens (including phenoxy) is 1. The van der Waals surface area contributed by atoms with E-state index in [9.17, 15) is 9.18 Å². The predicted octanol–water partition coefficient (Wildman–Crippen LogP) is 3.61. The van der Waals surface area contributed by atoms with Crippen LogP contribution in [0.3, 0.4) is 0 Å². The number of halogens is 1. The van der Waals surface area contributed by atoms with Gasteiger partial charge in [-0.25, -0.2) is 9.37 Å². The smallest absolute Gasteiger partial charge is 0.280 e. The third-order valence-corrected chi connectivity index (χ3v) is 5.10. The van der Waals surface area contributed by atoms with Crippen LogP contribution in [-0.2, 0) is 11.2 Å². The molecule has 5 nitrogen and oxygen atoms in total. The minimum atomic E-state index is -0.359. The van der Waals surface area contributed by atoms with E-state index in [1.54, 1.807) is 6.07 Å². The van der Waals surface area contributed by atoms with E-state index in [1.165, 1.54) is 17.2 Å². The number of aromatic nitrogens is 1. The summed E-state index contributed by atoms with van der Waals surface area (Å²) in [5.41, 5.74) is 2.56. The molecule has 1 saturated heterocycles. The largest absolute Gasteiger partial charge is 0.448 e. The standard InChI is InChI=1S/C19H21FN2O3/c1-12-4-5-15(20)17-14(12)3-2-8-22(17)19(23)16-11-25-18(21-16)13-6-9-24-10-7-13/h4-5,11,13H,2-3,6-10H2,1H3. The van der Waals surface area contributed by atoms with Crippen molar-refractivity contribution in [3.63, 3.8) is 0 Å². The molecular formula is C19H21FN2O3. The van der Waals surface area contributed by atoms with Gasteiger partial charge in [0.25, 0.3) is 5.91 Å². The number of rotatable bonds is 2. The first kappa shape index (κ1) is 16.3. The van der Waals surface area contributed by atoms with Gasteiger partial charge in [0.05, 0.1) is 5.69 Å². The van der Waals surface area contributed by atoms with E-state index in [2.05, 4.69) is 4.98 Å². The highest BCUT2D eigenvalue weighted by Gasteiger charge is 2.30. The lowest BCUT2D eigenvalue weighted by Crippen LogP contribution is -2.36. The van der Waals surface area contributed by atoms with E-state index in [1.807, 2.05) is 6.92 Å². The number of oxazole rings is 1. The number of hydrogen-bond acceptors (Lipinski definition) is 4. The summed E-state index contributed by atoms with van der Waals surface area (Å²) in [5.74, 6) is 0.103. The van der Waals surface area contributed by atoms with E-state index in [-0.39, 0.29) is 23.3 Å². The fourth-order valence-electron chi connectivity index (χ4n) is 3.70. The van der Waals surface area contributed by atoms with Gasteiger partial charge >= 0.3 is 0 Å². The number of amides is 1. The average molecular weight is 344 g/mol. The quantitative estimate of drug-likeness (QED) is 0.835. The number of benzene rings is 1. The van der Waals surface area contributed by atoms with Crippen molar-refractivity contribution >= 4 is 11.6 Å². The summed E-state index contributed by atoms with van der Waals surface area (Å²) < 4.78 is 25.3. The Morgan fingerprint density at radius 2 is 2.12 bits per heavy atom. The van der Waals surface area contributed by atoms with Gasteiger partial charge in [0.1, 0.15) is 12.1 Å². The van der Waals surface area contributed by atoms with Crippen LogP contribution in [0.25, 0.3) is 0 Å². The van der Waals surface area contributed by atoms with Gasteiger partial charge in [0.2, 0.25) is 0 Å². The molecule has 1 fully saturated rings. The maximum atomic E-state index is 14.4. The maximum Gasteiger partial charge on any atom is 0.280 e. The zero-order valence-corrected chi connectivity index (χ0v) is 14.3. The second-order valence-corrected chi connectivity index (χ2v) is 6.71. The summed E-state index contributed by atoms with van der Waals surface area (Å²) in [5, 5.41) is 0. The molecule has 0 saturated carbocycles. The van der Waals surface area contributed by atoms with E-state index >= 15 is 0 Å². The summed E-state index contributed by atoms with van der Waals surface area (Å²) in [6.45, 7) is 3.80. The molecule has 1 amide bonds. The number of fused-ring (bicyclic) bond motifs is 1. The lowest BCUT2D eigenvalue weighted by molar-refractivity contribution is 0.0794. The third kappa shape index (κ3) is 2.95. The molecule has 2 aliphatic rings. The number of anilines is 1. The SMILES string of the molecule is Cc1ccc(F)c2c1CCCN2C(=O)c1coc(C2CCOCC2)n1. The van der Waals surface area contributed by atoms with Crippen LogP contribution in [0.1, 0.15) is 52.7 Å². The van der Waals surface area contributed by atoms with Gasteiger partial charge in [-0.3, -0.25) is 4.79 Å².